The summed E-state index contributed by atoms with van der Waals surface area (Å²) < 4.78 is 1.51. The average Bonchev–Trinajstić information content (AvgIpc) is 2.20. The molecule has 0 saturated carbocycles. The minimum absolute atomic E-state index is 0.00941. The minimum atomic E-state index is -0.232. The van der Waals surface area contributed by atoms with Crippen molar-refractivity contribution in [3.8, 4) is 11.4 Å². The van der Waals surface area contributed by atoms with Crippen molar-refractivity contribution in [1.82, 2.24) is 4.57 Å². The second-order valence-electron chi connectivity index (χ2n) is 3.38. The van der Waals surface area contributed by atoms with E-state index in [9.17, 15) is 4.79 Å². The van der Waals surface area contributed by atoms with Gasteiger partial charge >= 0.3 is 0 Å². The Morgan fingerprint density at radius 1 is 1.20 bits per heavy atom. The van der Waals surface area contributed by atoms with E-state index in [0.29, 0.717) is 0 Å². The van der Waals surface area contributed by atoms with E-state index in [1.807, 2.05) is 31.2 Å². The monoisotopic (exact) mass is 201 g/mol. The molecule has 3 heteroatoms. The van der Waals surface area contributed by atoms with Crippen molar-refractivity contribution in [2.75, 3.05) is 0 Å². The molecule has 0 fully saturated rings. The lowest BCUT2D eigenvalue weighted by molar-refractivity contribution is 0.473. The second kappa shape index (κ2) is 3.61. The first-order valence-electron chi connectivity index (χ1n) is 4.66. The molecule has 1 N–H and O–H groups in total. The Morgan fingerprint density at radius 3 is 2.60 bits per heavy atom. The van der Waals surface area contributed by atoms with E-state index in [2.05, 4.69) is 0 Å². The first-order chi connectivity index (χ1) is 7.18. The molecule has 0 bridgehead atoms. The molecule has 3 nitrogen and oxygen atoms in total. The minimum Gasteiger partial charge on any atom is -0.508 e. The van der Waals surface area contributed by atoms with Gasteiger partial charge in [-0.05, 0) is 24.6 Å². The van der Waals surface area contributed by atoms with Gasteiger partial charge in [0.2, 0.25) is 0 Å². The highest BCUT2D eigenvalue weighted by Crippen LogP contribution is 2.12. The van der Waals surface area contributed by atoms with Crippen LogP contribution in [0, 0.1) is 6.92 Å². The van der Waals surface area contributed by atoms with Gasteiger partial charge in [-0.25, -0.2) is 0 Å². The zero-order valence-electron chi connectivity index (χ0n) is 8.34. The molecule has 1 aromatic heterocycles. The van der Waals surface area contributed by atoms with Gasteiger partial charge in [0.05, 0.1) is 5.69 Å². The highest BCUT2D eigenvalue weighted by atomic mass is 16.3. The zero-order valence-corrected chi connectivity index (χ0v) is 8.34. The zero-order chi connectivity index (χ0) is 10.8. The van der Waals surface area contributed by atoms with Gasteiger partial charge in [-0.1, -0.05) is 18.2 Å². The third-order valence-corrected chi connectivity index (χ3v) is 2.28. The number of aryl methyl sites for hydroxylation is 1. The summed E-state index contributed by atoms with van der Waals surface area (Å²) in [4.78, 5) is 11.6. The Kier molecular flexibility index (Phi) is 2.29. The molecule has 76 valence electrons. The Bertz CT molecular complexity index is 543. The highest BCUT2D eigenvalue weighted by Gasteiger charge is 2.02. The molecule has 0 saturated heterocycles. The van der Waals surface area contributed by atoms with E-state index in [4.69, 9.17) is 5.11 Å². The van der Waals surface area contributed by atoms with Gasteiger partial charge in [0, 0.05) is 12.3 Å². The summed E-state index contributed by atoms with van der Waals surface area (Å²) in [6.07, 6.45) is 1.57. The van der Waals surface area contributed by atoms with Crippen LogP contribution in [0.25, 0.3) is 5.69 Å². The predicted octanol–water partition coefficient (Wildman–Crippen LogP) is 1.85. The van der Waals surface area contributed by atoms with Gasteiger partial charge in [0.25, 0.3) is 5.56 Å². The van der Waals surface area contributed by atoms with E-state index >= 15 is 0 Å². The van der Waals surface area contributed by atoms with Crippen LogP contribution in [0.15, 0.2) is 47.4 Å². The van der Waals surface area contributed by atoms with E-state index in [1.165, 1.54) is 16.7 Å². The lowest BCUT2D eigenvalue weighted by atomic mass is 10.2. The van der Waals surface area contributed by atoms with Gasteiger partial charge in [0.1, 0.15) is 5.75 Å². The number of hydrogen-bond acceptors (Lipinski definition) is 2. The van der Waals surface area contributed by atoms with E-state index < -0.39 is 0 Å². The molecule has 0 radical (unpaired) electrons. The summed E-state index contributed by atoms with van der Waals surface area (Å²) in [7, 11) is 0. The van der Waals surface area contributed by atoms with Gasteiger partial charge < -0.3 is 5.11 Å². The fourth-order valence-electron chi connectivity index (χ4n) is 1.50. The predicted molar refractivity (Wildman–Crippen MR) is 58.4 cm³/mol. The van der Waals surface area contributed by atoms with Crippen molar-refractivity contribution in [3.05, 3.63) is 58.5 Å². The molecular formula is C12H11NO2. The summed E-state index contributed by atoms with van der Waals surface area (Å²) in [5.41, 5.74) is 1.62. The average molecular weight is 201 g/mol. The van der Waals surface area contributed by atoms with E-state index in [-0.39, 0.29) is 11.3 Å². The fraction of sp³-hybridized carbons (Fsp3) is 0.0833. The second-order valence-corrected chi connectivity index (χ2v) is 3.38. The molecule has 2 aromatic rings. The number of pyridine rings is 1. The van der Waals surface area contributed by atoms with Crippen molar-refractivity contribution < 1.29 is 5.11 Å². The Hall–Kier alpha value is -2.03. The molecule has 1 aromatic carbocycles. The first-order valence-corrected chi connectivity index (χ1v) is 4.66. The van der Waals surface area contributed by atoms with Crippen LogP contribution in [0.2, 0.25) is 0 Å². The normalized spacial score (nSPS) is 10.2. The number of aromatic nitrogens is 1. The van der Waals surface area contributed by atoms with Crippen LogP contribution >= 0.6 is 0 Å². The molecule has 2 rings (SSSR count). The van der Waals surface area contributed by atoms with Gasteiger partial charge in [-0.3, -0.25) is 9.36 Å². The van der Waals surface area contributed by atoms with Crippen LogP contribution in [0.1, 0.15) is 5.56 Å². The van der Waals surface area contributed by atoms with Crippen molar-refractivity contribution in [3.63, 3.8) is 0 Å². The van der Waals surface area contributed by atoms with Crippen LogP contribution in [0.3, 0.4) is 0 Å². The van der Waals surface area contributed by atoms with Crippen molar-refractivity contribution in [2.45, 2.75) is 6.92 Å². The number of para-hydroxylation sites is 1. The maximum atomic E-state index is 11.6. The lowest BCUT2D eigenvalue weighted by Crippen LogP contribution is -2.16. The van der Waals surface area contributed by atoms with Crippen LogP contribution in [-0.2, 0) is 0 Å². The van der Waals surface area contributed by atoms with Crippen LogP contribution in [0.4, 0.5) is 0 Å². The molecule has 0 spiro atoms. The topological polar surface area (TPSA) is 42.2 Å². The molecule has 0 aliphatic heterocycles. The Labute approximate surface area is 87.2 Å². The van der Waals surface area contributed by atoms with Crippen LogP contribution in [-0.4, -0.2) is 9.67 Å². The molecule has 0 unspecified atom stereocenters. The smallest absolute Gasteiger partial charge is 0.258 e. The maximum absolute atomic E-state index is 11.6. The van der Waals surface area contributed by atoms with Crippen LogP contribution < -0.4 is 5.56 Å². The maximum Gasteiger partial charge on any atom is 0.258 e. The fourth-order valence-corrected chi connectivity index (χ4v) is 1.50. The van der Waals surface area contributed by atoms with Gasteiger partial charge in [0.15, 0.2) is 0 Å². The summed E-state index contributed by atoms with van der Waals surface area (Å²) in [6, 6.07) is 10.3. The lowest BCUT2D eigenvalue weighted by Gasteiger charge is -2.08. The quantitative estimate of drug-likeness (QED) is 0.765. The summed E-state index contributed by atoms with van der Waals surface area (Å²) >= 11 is 0. The Balaban J connectivity index is 2.65. The highest BCUT2D eigenvalue weighted by molar-refractivity contribution is 5.40. The number of hydrogen-bond donors (Lipinski definition) is 1. The van der Waals surface area contributed by atoms with E-state index in [0.717, 1.165) is 11.3 Å². The number of aromatic hydroxyl groups is 1. The molecule has 15 heavy (non-hydrogen) atoms. The first kappa shape index (κ1) is 9.52. The third-order valence-electron chi connectivity index (χ3n) is 2.28. The molecule has 0 aliphatic rings. The number of benzene rings is 1. The summed E-state index contributed by atoms with van der Waals surface area (Å²) in [5, 5.41) is 9.14. The SMILES string of the molecule is Cc1ccccc1-n1ccc(O)cc1=O. The summed E-state index contributed by atoms with van der Waals surface area (Å²) in [6.45, 7) is 1.94. The number of rotatable bonds is 1. The van der Waals surface area contributed by atoms with E-state index in [1.54, 1.807) is 6.20 Å². The summed E-state index contributed by atoms with van der Waals surface area (Å²) in [5.74, 6) is -0.00941. The molecule has 0 amide bonds. The molecule has 1 heterocycles. The standard InChI is InChI=1S/C12H11NO2/c1-9-4-2-3-5-11(9)13-7-6-10(14)8-12(13)15/h2-8,14H,1H3. The number of nitrogens with zero attached hydrogens (tertiary/aromatic N) is 1. The van der Waals surface area contributed by atoms with Crippen molar-refractivity contribution >= 4 is 0 Å². The molecule has 0 aliphatic carbocycles. The van der Waals surface area contributed by atoms with Gasteiger partial charge in [-0.15, -0.1) is 0 Å². The Morgan fingerprint density at radius 2 is 1.93 bits per heavy atom. The van der Waals surface area contributed by atoms with Gasteiger partial charge in [-0.2, -0.15) is 0 Å². The van der Waals surface area contributed by atoms with Crippen LogP contribution in [0.5, 0.6) is 5.75 Å². The van der Waals surface area contributed by atoms with Crippen molar-refractivity contribution in [2.24, 2.45) is 0 Å². The largest absolute Gasteiger partial charge is 0.508 e. The van der Waals surface area contributed by atoms with Crippen molar-refractivity contribution in [1.29, 1.82) is 0 Å². The molecular weight excluding hydrogens is 190 g/mol. The third kappa shape index (κ3) is 1.76. The molecule has 0 atom stereocenters.